The highest BCUT2D eigenvalue weighted by Crippen LogP contribution is 2.25. The molecule has 4 amide bonds. The van der Waals surface area contributed by atoms with Gasteiger partial charge in [-0.1, -0.05) is 0 Å². The molecule has 0 aromatic carbocycles. The summed E-state index contributed by atoms with van der Waals surface area (Å²) < 4.78 is 0. The number of hydrogen-bond donors (Lipinski definition) is 1. The Morgan fingerprint density at radius 1 is 1.06 bits per heavy atom. The van der Waals surface area contributed by atoms with Gasteiger partial charge in [-0.05, 0) is 20.3 Å². The van der Waals surface area contributed by atoms with Crippen LogP contribution in [0.2, 0.25) is 0 Å². The Kier molecular flexibility index (Phi) is 2.57. The number of rotatable bonds is 1. The lowest BCUT2D eigenvalue weighted by Crippen LogP contribution is -2.54. The van der Waals surface area contributed by atoms with Gasteiger partial charge < -0.3 is 0 Å². The van der Waals surface area contributed by atoms with E-state index in [-0.39, 0.29) is 18.7 Å². The predicted molar refractivity (Wildman–Crippen MR) is 56.4 cm³/mol. The molecule has 2 aliphatic rings. The van der Waals surface area contributed by atoms with Crippen LogP contribution in [0.15, 0.2) is 11.1 Å². The monoisotopic (exact) mass is 236 g/mol. The molecule has 0 aliphatic carbocycles. The predicted octanol–water partition coefficient (Wildman–Crippen LogP) is -0.503. The Bertz CT molecular complexity index is 454. The number of imide groups is 2. The van der Waals surface area contributed by atoms with Crippen molar-refractivity contribution in [1.29, 1.82) is 0 Å². The lowest BCUT2D eigenvalue weighted by atomic mass is 10.0. The van der Waals surface area contributed by atoms with Gasteiger partial charge >= 0.3 is 0 Å². The first-order valence-corrected chi connectivity index (χ1v) is 5.32. The van der Waals surface area contributed by atoms with E-state index in [1.165, 1.54) is 0 Å². The maximum absolute atomic E-state index is 11.8. The molecule has 0 spiro atoms. The fourth-order valence-electron chi connectivity index (χ4n) is 1.99. The molecule has 2 heterocycles. The van der Waals surface area contributed by atoms with Crippen molar-refractivity contribution in [3.8, 4) is 0 Å². The molecule has 1 atom stereocenters. The number of carbonyl (C=O) groups is 4. The molecule has 90 valence electrons. The summed E-state index contributed by atoms with van der Waals surface area (Å²) in [6.07, 6.45) is 0.342. The minimum absolute atomic E-state index is 0.144. The second-order valence-corrected chi connectivity index (χ2v) is 4.20. The Labute approximate surface area is 97.6 Å². The fourth-order valence-corrected chi connectivity index (χ4v) is 1.99. The van der Waals surface area contributed by atoms with Gasteiger partial charge in [-0.2, -0.15) is 0 Å². The average molecular weight is 236 g/mol. The summed E-state index contributed by atoms with van der Waals surface area (Å²) in [6.45, 7) is 3.11. The molecule has 0 bridgehead atoms. The van der Waals surface area contributed by atoms with Crippen molar-refractivity contribution in [2.24, 2.45) is 0 Å². The number of piperidine rings is 1. The van der Waals surface area contributed by atoms with E-state index < -0.39 is 23.8 Å². The molecule has 1 N–H and O–H groups in total. The Hall–Kier alpha value is -1.98. The van der Waals surface area contributed by atoms with Crippen molar-refractivity contribution < 1.29 is 19.2 Å². The van der Waals surface area contributed by atoms with Crippen LogP contribution in [0.4, 0.5) is 0 Å². The normalized spacial score (nSPS) is 25.8. The van der Waals surface area contributed by atoms with Crippen molar-refractivity contribution in [1.82, 2.24) is 10.2 Å². The number of nitrogens with one attached hydrogen (secondary N) is 1. The van der Waals surface area contributed by atoms with Gasteiger partial charge in [-0.15, -0.1) is 0 Å². The Morgan fingerprint density at radius 2 is 1.59 bits per heavy atom. The SMILES string of the molecule is CC1=C(C)C(=O)N(C2CCC(=O)NC2=O)C1=O. The lowest BCUT2D eigenvalue weighted by Gasteiger charge is -2.28. The van der Waals surface area contributed by atoms with E-state index in [9.17, 15) is 19.2 Å². The molecule has 0 saturated carbocycles. The molecule has 6 nitrogen and oxygen atoms in total. The van der Waals surface area contributed by atoms with Crippen molar-refractivity contribution >= 4 is 23.6 Å². The number of amides is 4. The zero-order chi connectivity index (χ0) is 12.7. The highest BCUT2D eigenvalue weighted by Gasteiger charge is 2.43. The average Bonchev–Trinajstić information content (AvgIpc) is 2.45. The van der Waals surface area contributed by atoms with E-state index in [0.717, 1.165) is 4.90 Å². The van der Waals surface area contributed by atoms with Gasteiger partial charge in [0.15, 0.2) is 0 Å². The highest BCUT2D eigenvalue weighted by atomic mass is 16.2. The number of hydrogen-bond acceptors (Lipinski definition) is 4. The van der Waals surface area contributed by atoms with Gasteiger partial charge in [0, 0.05) is 17.6 Å². The van der Waals surface area contributed by atoms with Crippen LogP contribution < -0.4 is 5.32 Å². The zero-order valence-corrected chi connectivity index (χ0v) is 9.57. The summed E-state index contributed by atoms with van der Waals surface area (Å²) in [5, 5.41) is 2.13. The van der Waals surface area contributed by atoms with Crippen LogP contribution in [-0.2, 0) is 19.2 Å². The van der Waals surface area contributed by atoms with E-state index >= 15 is 0 Å². The quantitative estimate of drug-likeness (QED) is 0.622. The van der Waals surface area contributed by atoms with Gasteiger partial charge in [0.1, 0.15) is 6.04 Å². The third-order valence-corrected chi connectivity index (χ3v) is 3.16. The molecule has 6 heteroatoms. The second kappa shape index (κ2) is 3.80. The molecule has 2 rings (SSSR count). The molecule has 1 unspecified atom stereocenters. The summed E-state index contributed by atoms with van der Waals surface area (Å²) in [4.78, 5) is 47.2. The largest absolute Gasteiger partial charge is 0.295 e. The van der Waals surface area contributed by atoms with Crippen LogP contribution in [-0.4, -0.2) is 34.6 Å². The van der Waals surface area contributed by atoms with Crippen LogP contribution >= 0.6 is 0 Å². The molecule has 17 heavy (non-hydrogen) atoms. The third kappa shape index (κ3) is 1.65. The van der Waals surface area contributed by atoms with Crippen LogP contribution in [0.25, 0.3) is 0 Å². The smallest absolute Gasteiger partial charge is 0.257 e. The fraction of sp³-hybridized carbons (Fsp3) is 0.455. The molecule has 1 saturated heterocycles. The van der Waals surface area contributed by atoms with Crippen LogP contribution in [0.1, 0.15) is 26.7 Å². The first-order chi connectivity index (χ1) is 7.93. The van der Waals surface area contributed by atoms with Crippen LogP contribution in [0, 0.1) is 0 Å². The molecular weight excluding hydrogens is 224 g/mol. The van der Waals surface area contributed by atoms with Crippen LogP contribution in [0.3, 0.4) is 0 Å². The van der Waals surface area contributed by atoms with Gasteiger partial charge in [-0.3, -0.25) is 29.4 Å². The molecular formula is C11H12N2O4. The minimum Gasteiger partial charge on any atom is -0.295 e. The number of carbonyl (C=O) groups excluding carboxylic acids is 4. The van der Waals surface area contributed by atoms with Gasteiger partial charge in [0.2, 0.25) is 11.8 Å². The summed E-state index contributed by atoms with van der Waals surface area (Å²) in [5.41, 5.74) is 0.722. The highest BCUT2D eigenvalue weighted by molar-refractivity contribution is 6.21. The molecule has 0 aromatic rings. The molecule has 1 fully saturated rings. The van der Waals surface area contributed by atoms with Gasteiger partial charge in [0.05, 0.1) is 0 Å². The van der Waals surface area contributed by atoms with Crippen molar-refractivity contribution in [3.63, 3.8) is 0 Å². The number of nitrogens with zero attached hydrogens (tertiary/aromatic N) is 1. The first-order valence-electron chi connectivity index (χ1n) is 5.32. The van der Waals surface area contributed by atoms with E-state index in [1.54, 1.807) is 13.8 Å². The molecule has 0 aromatic heterocycles. The third-order valence-electron chi connectivity index (χ3n) is 3.16. The maximum Gasteiger partial charge on any atom is 0.257 e. The first kappa shape index (κ1) is 11.5. The van der Waals surface area contributed by atoms with Gasteiger partial charge in [0.25, 0.3) is 11.8 Å². The van der Waals surface area contributed by atoms with E-state index in [2.05, 4.69) is 5.32 Å². The summed E-state index contributed by atoms with van der Waals surface area (Å²) in [6, 6.07) is -0.861. The van der Waals surface area contributed by atoms with Crippen LogP contribution in [0.5, 0.6) is 0 Å². The lowest BCUT2D eigenvalue weighted by molar-refractivity contribution is -0.150. The topological polar surface area (TPSA) is 83.6 Å². The zero-order valence-electron chi connectivity index (χ0n) is 9.57. The summed E-state index contributed by atoms with van der Waals surface area (Å²) in [5.74, 6) is -1.83. The maximum atomic E-state index is 11.8. The second-order valence-electron chi connectivity index (χ2n) is 4.20. The Morgan fingerprint density at radius 3 is 2.06 bits per heavy atom. The summed E-state index contributed by atoms with van der Waals surface area (Å²) >= 11 is 0. The summed E-state index contributed by atoms with van der Waals surface area (Å²) in [7, 11) is 0. The Balaban J connectivity index is 2.26. The van der Waals surface area contributed by atoms with Crippen molar-refractivity contribution in [2.75, 3.05) is 0 Å². The van der Waals surface area contributed by atoms with E-state index in [0.29, 0.717) is 11.1 Å². The van der Waals surface area contributed by atoms with E-state index in [4.69, 9.17) is 0 Å². The minimum atomic E-state index is -0.861. The molecule has 0 radical (unpaired) electrons. The molecule has 2 aliphatic heterocycles. The standard InChI is InChI=1S/C11H12N2O4/c1-5-6(2)11(17)13(10(5)16)7-3-4-8(14)12-9(7)15/h7H,3-4H2,1-2H3,(H,12,14,15). The van der Waals surface area contributed by atoms with Crippen molar-refractivity contribution in [2.45, 2.75) is 32.7 Å². The van der Waals surface area contributed by atoms with Gasteiger partial charge in [-0.25, -0.2) is 0 Å². The van der Waals surface area contributed by atoms with E-state index in [1.807, 2.05) is 0 Å². The van der Waals surface area contributed by atoms with Crippen molar-refractivity contribution in [3.05, 3.63) is 11.1 Å².